The highest BCUT2D eigenvalue weighted by Crippen LogP contribution is 2.30. The Morgan fingerprint density at radius 2 is 1.80 bits per heavy atom. The number of para-hydroxylation sites is 1. The van der Waals surface area contributed by atoms with Crippen LogP contribution in [-0.2, 0) is 0 Å². The zero-order valence-corrected chi connectivity index (χ0v) is 13.2. The minimum Gasteiger partial charge on any atom is -0.454 e. The number of hydrogen-bond donors (Lipinski definition) is 0. The third-order valence-corrected chi connectivity index (χ3v) is 5.57. The summed E-state index contributed by atoms with van der Waals surface area (Å²) in [5.74, 6) is 0.666. The fourth-order valence-corrected chi connectivity index (χ4v) is 4.07. The van der Waals surface area contributed by atoms with E-state index >= 15 is 0 Å². The Morgan fingerprint density at radius 3 is 2.40 bits per heavy atom. The first-order valence-electron chi connectivity index (χ1n) is 6.94. The predicted molar refractivity (Wildman–Crippen MR) is 83.4 cm³/mol. The zero-order chi connectivity index (χ0) is 14.5. The third-order valence-electron chi connectivity index (χ3n) is 3.43. The lowest BCUT2D eigenvalue weighted by atomic mass is 10.1. The van der Waals surface area contributed by atoms with Crippen LogP contribution >= 0.6 is 0 Å². The first-order valence-corrected chi connectivity index (χ1v) is 9.52. The number of rotatable bonds is 5. The molecule has 1 atom stereocenters. The molecule has 0 heterocycles. The smallest absolute Gasteiger partial charge is 0.165 e. The molecule has 0 bridgehead atoms. The number of halogens is 1. The normalized spacial score (nSPS) is 12.4. The molecule has 0 aliphatic heterocycles. The molecule has 20 heavy (non-hydrogen) atoms. The molecule has 1 unspecified atom stereocenters. The van der Waals surface area contributed by atoms with Crippen LogP contribution in [0.25, 0.3) is 0 Å². The van der Waals surface area contributed by atoms with Crippen LogP contribution in [0.2, 0.25) is 13.1 Å². The summed E-state index contributed by atoms with van der Waals surface area (Å²) < 4.78 is 19.6. The first kappa shape index (κ1) is 14.8. The van der Waals surface area contributed by atoms with Gasteiger partial charge < -0.3 is 4.74 Å². The molecule has 2 rings (SSSR count). The molecule has 0 spiro atoms. The molecule has 0 saturated heterocycles. The van der Waals surface area contributed by atoms with Crippen molar-refractivity contribution < 1.29 is 9.13 Å². The second-order valence-corrected chi connectivity index (χ2v) is 7.99. The van der Waals surface area contributed by atoms with Gasteiger partial charge in [0.15, 0.2) is 11.6 Å². The summed E-state index contributed by atoms with van der Waals surface area (Å²) in [7, 11) is -0.455. The zero-order valence-electron chi connectivity index (χ0n) is 12.2. The molecule has 0 aromatic heterocycles. The van der Waals surface area contributed by atoms with Crippen LogP contribution in [0.3, 0.4) is 0 Å². The molecule has 1 nitrogen and oxygen atoms in total. The van der Waals surface area contributed by atoms with Gasteiger partial charge in [-0.2, -0.15) is 0 Å². The van der Waals surface area contributed by atoms with Gasteiger partial charge in [-0.1, -0.05) is 50.7 Å². The Bertz CT molecular complexity index is 554. The van der Waals surface area contributed by atoms with Gasteiger partial charge in [-0.3, -0.25) is 0 Å². The highest BCUT2D eigenvalue weighted by Gasteiger charge is 2.17. The van der Waals surface area contributed by atoms with Crippen molar-refractivity contribution in [2.75, 3.05) is 0 Å². The molecule has 0 aliphatic rings. The van der Waals surface area contributed by atoms with Gasteiger partial charge in [0, 0.05) is 8.80 Å². The standard InChI is InChI=1S/C17H20FOSi/c1-4-17(20(2)3)13-10-11-15(18)16(12-13)19-14-8-6-5-7-9-14/h5-12,17H,4H2,1-3H3. The number of hydrogen-bond acceptors (Lipinski definition) is 1. The molecule has 0 fully saturated rings. The Morgan fingerprint density at radius 1 is 1.10 bits per heavy atom. The van der Waals surface area contributed by atoms with Gasteiger partial charge in [0.2, 0.25) is 0 Å². The van der Waals surface area contributed by atoms with E-state index in [0.29, 0.717) is 17.0 Å². The lowest BCUT2D eigenvalue weighted by Crippen LogP contribution is -2.15. The topological polar surface area (TPSA) is 9.23 Å². The third kappa shape index (κ3) is 3.48. The van der Waals surface area contributed by atoms with Crippen molar-refractivity contribution in [1.82, 2.24) is 0 Å². The van der Waals surface area contributed by atoms with Crippen LogP contribution in [0.1, 0.15) is 24.4 Å². The monoisotopic (exact) mass is 287 g/mol. The van der Waals surface area contributed by atoms with Crippen molar-refractivity contribution in [2.45, 2.75) is 32.0 Å². The molecule has 0 N–H and O–H groups in total. The SMILES string of the molecule is CCC(c1ccc(F)c(Oc2ccccc2)c1)[Si](C)C. The minimum atomic E-state index is -0.455. The van der Waals surface area contributed by atoms with Gasteiger partial charge in [0.25, 0.3) is 0 Å². The van der Waals surface area contributed by atoms with Crippen LogP contribution < -0.4 is 4.74 Å². The summed E-state index contributed by atoms with van der Waals surface area (Å²) in [6.07, 6.45) is 1.08. The quantitative estimate of drug-likeness (QED) is 0.668. The molecule has 0 amide bonds. The van der Waals surface area contributed by atoms with Gasteiger partial charge in [0.05, 0.1) is 0 Å². The van der Waals surface area contributed by atoms with Gasteiger partial charge in [0.1, 0.15) is 5.75 Å². The Hall–Kier alpha value is -1.61. The fourth-order valence-electron chi connectivity index (χ4n) is 2.41. The fraction of sp³-hybridized carbons (Fsp3) is 0.294. The Balaban J connectivity index is 2.29. The largest absolute Gasteiger partial charge is 0.454 e. The van der Waals surface area contributed by atoms with Crippen molar-refractivity contribution in [3.63, 3.8) is 0 Å². The molecule has 2 aromatic rings. The molecule has 1 radical (unpaired) electrons. The second-order valence-electron chi connectivity index (χ2n) is 5.14. The van der Waals surface area contributed by atoms with Crippen molar-refractivity contribution in [3.8, 4) is 11.5 Å². The van der Waals surface area contributed by atoms with E-state index in [-0.39, 0.29) is 5.82 Å². The average Bonchev–Trinajstić information content (AvgIpc) is 2.44. The van der Waals surface area contributed by atoms with E-state index in [1.807, 2.05) is 42.5 Å². The summed E-state index contributed by atoms with van der Waals surface area (Å²) in [5, 5.41) is 0. The van der Waals surface area contributed by atoms with Crippen molar-refractivity contribution >= 4 is 8.80 Å². The highest BCUT2D eigenvalue weighted by atomic mass is 28.3. The lowest BCUT2D eigenvalue weighted by molar-refractivity contribution is 0.441. The van der Waals surface area contributed by atoms with E-state index in [9.17, 15) is 4.39 Å². The molecule has 3 heteroatoms. The summed E-state index contributed by atoms with van der Waals surface area (Å²) >= 11 is 0. The predicted octanol–water partition coefficient (Wildman–Crippen LogP) is 5.41. The van der Waals surface area contributed by atoms with Crippen LogP contribution in [0.5, 0.6) is 11.5 Å². The van der Waals surface area contributed by atoms with E-state index in [1.54, 1.807) is 0 Å². The van der Waals surface area contributed by atoms with E-state index < -0.39 is 8.80 Å². The Labute approximate surface area is 122 Å². The molecule has 2 aromatic carbocycles. The first-order chi connectivity index (χ1) is 9.61. The summed E-state index contributed by atoms with van der Waals surface area (Å²) in [4.78, 5) is 0. The molecule has 105 valence electrons. The van der Waals surface area contributed by atoms with Crippen LogP contribution in [0.4, 0.5) is 4.39 Å². The number of benzene rings is 2. The lowest BCUT2D eigenvalue weighted by Gasteiger charge is -2.19. The van der Waals surface area contributed by atoms with E-state index in [2.05, 4.69) is 20.0 Å². The molecular weight excluding hydrogens is 267 g/mol. The minimum absolute atomic E-state index is 0.312. The molecular formula is C17H20FOSi. The second kappa shape index (κ2) is 6.71. The average molecular weight is 287 g/mol. The van der Waals surface area contributed by atoms with Gasteiger partial charge in [-0.05, 0) is 35.4 Å². The molecule has 0 saturated carbocycles. The van der Waals surface area contributed by atoms with Crippen molar-refractivity contribution in [2.24, 2.45) is 0 Å². The Kier molecular flexibility index (Phi) is 4.96. The number of ether oxygens (including phenoxy) is 1. The highest BCUT2D eigenvalue weighted by molar-refractivity contribution is 6.57. The van der Waals surface area contributed by atoms with Crippen molar-refractivity contribution in [1.29, 1.82) is 0 Å². The summed E-state index contributed by atoms with van der Waals surface area (Å²) in [5.41, 5.74) is 1.71. The van der Waals surface area contributed by atoms with E-state index in [0.717, 1.165) is 6.42 Å². The van der Waals surface area contributed by atoms with E-state index in [4.69, 9.17) is 4.74 Å². The summed E-state index contributed by atoms with van der Waals surface area (Å²) in [6, 6.07) is 14.6. The van der Waals surface area contributed by atoms with Crippen LogP contribution in [0.15, 0.2) is 48.5 Å². The molecule has 0 aliphatic carbocycles. The van der Waals surface area contributed by atoms with Gasteiger partial charge >= 0.3 is 0 Å². The van der Waals surface area contributed by atoms with Gasteiger partial charge in [-0.15, -0.1) is 0 Å². The van der Waals surface area contributed by atoms with Gasteiger partial charge in [-0.25, -0.2) is 4.39 Å². The van der Waals surface area contributed by atoms with Crippen molar-refractivity contribution in [3.05, 3.63) is 59.9 Å². The van der Waals surface area contributed by atoms with E-state index in [1.165, 1.54) is 11.6 Å². The summed E-state index contributed by atoms with van der Waals surface area (Å²) in [6.45, 7) is 6.77. The van der Waals surface area contributed by atoms with Crippen LogP contribution in [-0.4, -0.2) is 8.80 Å². The maximum atomic E-state index is 13.9. The maximum absolute atomic E-state index is 13.9. The maximum Gasteiger partial charge on any atom is 0.165 e. The van der Waals surface area contributed by atoms with Crippen LogP contribution in [0, 0.1) is 5.82 Å².